The molecular formula is C30H20BrClN2O4. The van der Waals surface area contributed by atoms with Crippen LogP contribution in [0.1, 0.15) is 15.9 Å². The van der Waals surface area contributed by atoms with Crippen molar-refractivity contribution in [2.75, 3.05) is 6.61 Å². The normalized spacial score (nSPS) is 11.1. The molecule has 1 N–H and O–H groups in total. The van der Waals surface area contributed by atoms with E-state index in [2.05, 4.69) is 26.5 Å². The van der Waals surface area contributed by atoms with Crippen molar-refractivity contribution in [2.45, 2.75) is 0 Å². The van der Waals surface area contributed by atoms with Gasteiger partial charge < -0.3 is 9.47 Å². The summed E-state index contributed by atoms with van der Waals surface area (Å²) in [5.74, 6) is -0.219. The molecule has 38 heavy (non-hydrogen) atoms. The molecule has 0 aliphatic heterocycles. The number of carbonyl (C=O) groups excluding carboxylic acids is 2. The number of fused-ring (bicyclic) bond motifs is 2. The summed E-state index contributed by atoms with van der Waals surface area (Å²) in [7, 11) is 0. The Kier molecular flexibility index (Phi) is 7.67. The van der Waals surface area contributed by atoms with E-state index < -0.39 is 11.9 Å². The second-order valence-corrected chi connectivity index (χ2v) is 9.45. The number of hydrazone groups is 1. The predicted molar refractivity (Wildman–Crippen MR) is 153 cm³/mol. The van der Waals surface area contributed by atoms with Crippen LogP contribution in [0.15, 0.2) is 107 Å². The van der Waals surface area contributed by atoms with Gasteiger partial charge >= 0.3 is 5.97 Å². The Morgan fingerprint density at radius 3 is 2.21 bits per heavy atom. The van der Waals surface area contributed by atoms with Crippen LogP contribution >= 0.6 is 27.5 Å². The highest BCUT2D eigenvalue weighted by molar-refractivity contribution is 9.10. The predicted octanol–water partition coefficient (Wildman–Crippen LogP) is 7.16. The van der Waals surface area contributed by atoms with Crippen molar-refractivity contribution in [3.05, 3.63) is 118 Å². The number of halogens is 2. The topological polar surface area (TPSA) is 77.0 Å². The van der Waals surface area contributed by atoms with Gasteiger partial charge in [0.05, 0.1) is 21.3 Å². The Balaban J connectivity index is 1.32. The summed E-state index contributed by atoms with van der Waals surface area (Å²) < 4.78 is 12.1. The highest BCUT2D eigenvalue weighted by Crippen LogP contribution is 2.33. The number of carbonyl (C=O) groups is 2. The number of amides is 1. The molecule has 5 rings (SSSR count). The molecule has 0 saturated heterocycles. The van der Waals surface area contributed by atoms with E-state index in [1.807, 2.05) is 60.7 Å². The zero-order valence-electron chi connectivity index (χ0n) is 19.9. The van der Waals surface area contributed by atoms with E-state index in [4.69, 9.17) is 21.1 Å². The summed E-state index contributed by atoms with van der Waals surface area (Å²) in [5, 5.41) is 8.15. The Bertz CT molecular complexity index is 1700. The van der Waals surface area contributed by atoms with E-state index >= 15 is 0 Å². The van der Waals surface area contributed by atoms with Crippen LogP contribution in [0, 0.1) is 0 Å². The number of nitrogens with one attached hydrogen (secondary N) is 1. The molecule has 0 atom stereocenters. The largest absolute Gasteiger partial charge is 0.483 e. The number of nitrogens with zero attached hydrogens (tertiary/aromatic N) is 1. The smallest absolute Gasteiger partial charge is 0.345 e. The number of rotatable bonds is 7. The van der Waals surface area contributed by atoms with Crippen molar-refractivity contribution < 1.29 is 19.1 Å². The molecule has 0 fully saturated rings. The third-order valence-electron chi connectivity index (χ3n) is 5.80. The standard InChI is InChI=1S/C30H20BrClN2O4/c31-29-22-10-4-2-8-20(22)14-16-27(29)37-18-28(35)34-33-17-24-21-9-3-1-7-19(21)13-15-26(24)38-30(36)23-11-5-6-12-25(23)32/h1-17H,18H2,(H,34,35)/b33-17-. The van der Waals surface area contributed by atoms with Crippen molar-refractivity contribution >= 4 is 67.2 Å². The first-order chi connectivity index (χ1) is 18.5. The summed E-state index contributed by atoms with van der Waals surface area (Å²) in [6.07, 6.45) is 1.45. The zero-order chi connectivity index (χ0) is 26.5. The highest BCUT2D eigenvalue weighted by Gasteiger charge is 2.16. The fourth-order valence-electron chi connectivity index (χ4n) is 3.95. The zero-order valence-corrected chi connectivity index (χ0v) is 22.2. The Labute approximate surface area is 232 Å². The van der Waals surface area contributed by atoms with Crippen LogP contribution in [0.3, 0.4) is 0 Å². The van der Waals surface area contributed by atoms with E-state index in [1.165, 1.54) is 6.21 Å². The molecule has 8 heteroatoms. The molecule has 0 saturated carbocycles. The minimum absolute atomic E-state index is 0.238. The van der Waals surface area contributed by atoms with Gasteiger partial charge in [-0.1, -0.05) is 84.4 Å². The molecular weight excluding hydrogens is 568 g/mol. The molecule has 0 aliphatic carbocycles. The summed E-state index contributed by atoms with van der Waals surface area (Å²) in [6.45, 7) is -0.238. The molecule has 5 aromatic carbocycles. The fourth-order valence-corrected chi connectivity index (χ4v) is 4.77. The van der Waals surface area contributed by atoms with E-state index in [0.717, 1.165) is 26.0 Å². The van der Waals surface area contributed by atoms with Gasteiger partial charge in [0.1, 0.15) is 11.5 Å². The maximum Gasteiger partial charge on any atom is 0.345 e. The molecule has 0 radical (unpaired) electrons. The third-order valence-corrected chi connectivity index (χ3v) is 6.94. The number of hydrogen-bond donors (Lipinski definition) is 1. The number of benzene rings is 5. The monoisotopic (exact) mass is 586 g/mol. The second kappa shape index (κ2) is 11.5. The van der Waals surface area contributed by atoms with Crippen molar-refractivity contribution in [1.82, 2.24) is 5.43 Å². The molecule has 5 aromatic rings. The first-order valence-electron chi connectivity index (χ1n) is 11.6. The maximum absolute atomic E-state index is 12.8. The maximum atomic E-state index is 12.8. The van der Waals surface area contributed by atoms with E-state index in [0.29, 0.717) is 16.3 Å². The SMILES string of the molecule is O=C(COc1ccc2ccccc2c1Br)N/N=C\c1c(OC(=O)c2ccccc2Cl)ccc2ccccc12. The summed E-state index contributed by atoms with van der Waals surface area (Å²) >= 11 is 9.71. The van der Waals surface area contributed by atoms with Gasteiger partial charge in [0.25, 0.3) is 5.91 Å². The van der Waals surface area contributed by atoms with Crippen molar-refractivity contribution in [3.8, 4) is 11.5 Å². The quantitative estimate of drug-likeness (QED) is 0.0949. The van der Waals surface area contributed by atoms with Crippen molar-refractivity contribution in [1.29, 1.82) is 0 Å². The molecule has 0 spiro atoms. The summed E-state index contributed by atoms with van der Waals surface area (Å²) in [5.41, 5.74) is 3.25. The average Bonchev–Trinajstić information content (AvgIpc) is 2.94. The van der Waals surface area contributed by atoms with Gasteiger partial charge in [-0.25, -0.2) is 10.2 Å². The van der Waals surface area contributed by atoms with Gasteiger partial charge in [-0.2, -0.15) is 5.10 Å². The molecule has 0 aromatic heterocycles. The Hall–Kier alpha value is -4.20. The summed E-state index contributed by atoms with van der Waals surface area (Å²) in [6, 6.07) is 29.4. The lowest BCUT2D eigenvalue weighted by atomic mass is 10.0. The molecule has 6 nitrogen and oxygen atoms in total. The minimum atomic E-state index is -0.598. The Morgan fingerprint density at radius 1 is 0.816 bits per heavy atom. The molecule has 188 valence electrons. The first kappa shape index (κ1) is 25.4. The van der Waals surface area contributed by atoms with Crippen LogP contribution in [0.25, 0.3) is 21.5 Å². The van der Waals surface area contributed by atoms with Gasteiger partial charge in [-0.3, -0.25) is 4.79 Å². The van der Waals surface area contributed by atoms with Crippen molar-refractivity contribution in [3.63, 3.8) is 0 Å². The van der Waals surface area contributed by atoms with E-state index in [-0.39, 0.29) is 17.9 Å². The van der Waals surface area contributed by atoms with Gasteiger partial charge in [0, 0.05) is 5.56 Å². The molecule has 1 amide bonds. The molecule has 0 unspecified atom stereocenters. The van der Waals surface area contributed by atoms with Crippen LogP contribution in [0.5, 0.6) is 11.5 Å². The lowest BCUT2D eigenvalue weighted by molar-refractivity contribution is -0.123. The van der Waals surface area contributed by atoms with Gasteiger partial charge in [0.2, 0.25) is 0 Å². The Morgan fingerprint density at radius 2 is 1.45 bits per heavy atom. The minimum Gasteiger partial charge on any atom is -0.483 e. The van der Waals surface area contributed by atoms with Gasteiger partial charge in [-0.05, 0) is 61.7 Å². The highest BCUT2D eigenvalue weighted by atomic mass is 79.9. The lowest BCUT2D eigenvalue weighted by Crippen LogP contribution is -2.24. The third kappa shape index (κ3) is 5.54. The molecule has 0 bridgehead atoms. The molecule has 0 heterocycles. The second-order valence-electron chi connectivity index (χ2n) is 8.25. The van der Waals surface area contributed by atoms with Crippen LogP contribution in [0.4, 0.5) is 0 Å². The van der Waals surface area contributed by atoms with E-state index in [1.54, 1.807) is 36.4 Å². The van der Waals surface area contributed by atoms with E-state index in [9.17, 15) is 9.59 Å². The number of ether oxygens (including phenoxy) is 2. The van der Waals surface area contributed by atoms with Gasteiger partial charge in [-0.15, -0.1) is 0 Å². The first-order valence-corrected chi connectivity index (χ1v) is 12.8. The summed E-state index contributed by atoms with van der Waals surface area (Å²) in [4.78, 5) is 25.3. The molecule has 0 aliphatic rings. The number of hydrogen-bond acceptors (Lipinski definition) is 5. The lowest BCUT2D eigenvalue weighted by Gasteiger charge is -2.11. The number of esters is 1. The van der Waals surface area contributed by atoms with Crippen LogP contribution < -0.4 is 14.9 Å². The van der Waals surface area contributed by atoms with Gasteiger partial charge in [0.15, 0.2) is 6.61 Å². The van der Waals surface area contributed by atoms with Crippen LogP contribution in [-0.4, -0.2) is 24.7 Å². The van der Waals surface area contributed by atoms with Crippen LogP contribution in [-0.2, 0) is 4.79 Å². The average molecular weight is 588 g/mol. The van der Waals surface area contributed by atoms with Crippen molar-refractivity contribution in [2.24, 2.45) is 5.10 Å². The van der Waals surface area contributed by atoms with Crippen LogP contribution in [0.2, 0.25) is 5.02 Å². The fraction of sp³-hybridized carbons (Fsp3) is 0.0333.